The lowest BCUT2D eigenvalue weighted by molar-refractivity contribution is -0.179. The first kappa shape index (κ1) is 10.1. The monoisotopic (exact) mass is 197 g/mol. The quantitative estimate of drug-likeness (QED) is 0.695. The van der Waals surface area contributed by atoms with Crippen LogP contribution in [0.4, 0.5) is 0 Å². The highest BCUT2D eigenvalue weighted by Gasteiger charge is 2.39. The molecular formula is C11H19NO2. The van der Waals surface area contributed by atoms with Gasteiger partial charge in [-0.1, -0.05) is 6.08 Å². The topological polar surface area (TPSA) is 30.5 Å². The Morgan fingerprint density at radius 1 is 1.29 bits per heavy atom. The summed E-state index contributed by atoms with van der Waals surface area (Å²) < 4.78 is 11.3. The fraction of sp³-hybridized carbons (Fsp3) is 0.818. The first-order chi connectivity index (χ1) is 6.85. The van der Waals surface area contributed by atoms with Gasteiger partial charge in [-0.3, -0.25) is 0 Å². The molecule has 1 aliphatic carbocycles. The minimum Gasteiger partial charge on any atom is -0.348 e. The molecule has 1 saturated carbocycles. The molecule has 1 aliphatic heterocycles. The molecule has 0 aromatic rings. The lowest BCUT2D eigenvalue weighted by atomic mass is 9.90. The predicted octanol–water partition coefficient (Wildman–Crippen LogP) is 1.45. The minimum absolute atomic E-state index is 0.216. The van der Waals surface area contributed by atoms with Crippen LogP contribution < -0.4 is 5.32 Å². The van der Waals surface area contributed by atoms with Crippen LogP contribution in [0.3, 0.4) is 0 Å². The van der Waals surface area contributed by atoms with Crippen molar-refractivity contribution >= 4 is 0 Å². The molecule has 0 unspecified atom stereocenters. The molecule has 14 heavy (non-hydrogen) atoms. The number of hydrogen-bond acceptors (Lipinski definition) is 3. The van der Waals surface area contributed by atoms with Gasteiger partial charge in [0.05, 0.1) is 13.2 Å². The zero-order chi connectivity index (χ0) is 9.86. The van der Waals surface area contributed by atoms with E-state index in [2.05, 4.69) is 11.9 Å². The maximum absolute atomic E-state index is 5.66. The summed E-state index contributed by atoms with van der Waals surface area (Å²) in [7, 11) is 0. The van der Waals surface area contributed by atoms with E-state index in [-0.39, 0.29) is 5.79 Å². The Bertz CT molecular complexity index is 189. The highest BCUT2D eigenvalue weighted by atomic mass is 16.7. The van der Waals surface area contributed by atoms with Gasteiger partial charge in [0.2, 0.25) is 0 Å². The minimum atomic E-state index is -0.216. The summed E-state index contributed by atoms with van der Waals surface area (Å²) in [5, 5.41) is 3.45. The van der Waals surface area contributed by atoms with Crippen LogP contribution in [0, 0.1) is 0 Å². The van der Waals surface area contributed by atoms with Crippen molar-refractivity contribution in [1.82, 2.24) is 5.32 Å². The summed E-state index contributed by atoms with van der Waals surface area (Å²) in [5.74, 6) is -0.216. The average molecular weight is 197 g/mol. The van der Waals surface area contributed by atoms with Crippen LogP contribution in [0.1, 0.15) is 25.7 Å². The van der Waals surface area contributed by atoms with E-state index in [0.29, 0.717) is 6.04 Å². The van der Waals surface area contributed by atoms with Crippen molar-refractivity contribution in [3.05, 3.63) is 12.7 Å². The van der Waals surface area contributed by atoms with Gasteiger partial charge in [-0.25, -0.2) is 0 Å². The Hall–Kier alpha value is -0.380. The van der Waals surface area contributed by atoms with Gasteiger partial charge < -0.3 is 14.8 Å². The van der Waals surface area contributed by atoms with E-state index in [1.807, 2.05) is 6.08 Å². The van der Waals surface area contributed by atoms with Gasteiger partial charge >= 0.3 is 0 Å². The number of hydrogen-bond donors (Lipinski definition) is 1. The first-order valence-electron chi connectivity index (χ1n) is 5.47. The van der Waals surface area contributed by atoms with Gasteiger partial charge in [0.15, 0.2) is 5.79 Å². The maximum Gasteiger partial charge on any atom is 0.168 e. The highest BCUT2D eigenvalue weighted by molar-refractivity contribution is 4.86. The van der Waals surface area contributed by atoms with E-state index < -0.39 is 0 Å². The van der Waals surface area contributed by atoms with Crippen LogP contribution in [0.15, 0.2) is 12.7 Å². The first-order valence-corrected chi connectivity index (χ1v) is 5.47. The van der Waals surface area contributed by atoms with Crippen LogP contribution in [0.25, 0.3) is 0 Å². The van der Waals surface area contributed by atoms with E-state index in [0.717, 1.165) is 45.4 Å². The van der Waals surface area contributed by atoms with E-state index in [4.69, 9.17) is 9.47 Å². The van der Waals surface area contributed by atoms with Crippen molar-refractivity contribution in [2.75, 3.05) is 19.8 Å². The molecule has 0 radical (unpaired) electrons. The van der Waals surface area contributed by atoms with Gasteiger partial charge in [0, 0.05) is 25.4 Å². The van der Waals surface area contributed by atoms with Crippen LogP contribution in [0.2, 0.25) is 0 Å². The second-order valence-electron chi connectivity index (χ2n) is 4.08. The molecule has 1 N–H and O–H groups in total. The van der Waals surface area contributed by atoms with E-state index in [1.54, 1.807) is 0 Å². The molecule has 0 atom stereocenters. The molecule has 80 valence electrons. The zero-order valence-corrected chi connectivity index (χ0v) is 8.63. The average Bonchev–Trinajstić information content (AvgIpc) is 2.66. The molecule has 2 rings (SSSR count). The Labute approximate surface area is 85.5 Å². The van der Waals surface area contributed by atoms with Crippen molar-refractivity contribution < 1.29 is 9.47 Å². The molecule has 0 aromatic carbocycles. The summed E-state index contributed by atoms with van der Waals surface area (Å²) >= 11 is 0. The molecule has 2 fully saturated rings. The van der Waals surface area contributed by atoms with E-state index in [1.165, 1.54) is 0 Å². The van der Waals surface area contributed by atoms with Gasteiger partial charge in [-0.15, -0.1) is 6.58 Å². The summed E-state index contributed by atoms with van der Waals surface area (Å²) in [4.78, 5) is 0. The molecule has 0 aromatic heterocycles. The fourth-order valence-corrected chi connectivity index (χ4v) is 2.30. The molecule has 2 aliphatic rings. The molecule has 3 nitrogen and oxygen atoms in total. The van der Waals surface area contributed by atoms with Gasteiger partial charge in [-0.2, -0.15) is 0 Å². The number of rotatable bonds is 3. The van der Waals surface area contributed by atoms with Crippen LogP contribution in [0.5, 0.6) is 0 Å². The molecule has 1 spiro atoms. The Balaban J connectivity index is 1.76. The second-order valence-corrected chi connectivity index (χ2v) is 4.08. The van der Waals surface area contributed by atoms with Crippen molar-refractivity contribution in [1.29, 1.82) is 0 Å². The van der Waals surface area contributed by atoms with Crippen LogP contribution >= 0.6 is 0 Å². The van der Waals surface area contributed by atoms with Gasteiger partial charge in [-0.05, 0) is 12.8 Å². The zero-order valence-electron chi connectivity index (χ0n) is 8.63. The summed E-state index contributed by atoms with van der Waals surface area (Å²) in [6.45, 7) is 6.14. The summed E-state index contributed by atoms with van der Waals surface area (Å²) in [6.07, 6.45) is 6.26. The standard InChI is InChI=1S/C11H19NO2/c1-2-7-12-10-3-5-11(6-4-10)13-8-9-14-11/h2,10,12H,1,3-9H2. The van der Waals surface area contributed by atoms with Crippen LogP contribution in [-0.2, 0) is 9.47 Å². The number of ether oxygens (including phenoxy) is 2. The van der Waals surface area contributed by atoms with E-state index >= 15 is 0 Å². The van der Waals surface area contributed by atoms with Crippen molar-refractivity contribution in [2.45, 2.75) is 37.5 Å². The highest BCUT2D eigenvalue weighted by Crippen LogP contribution is 2.35. The fourth-order valence-electron chi connectivity index (χ4n) is 2.30. The Morgan fingerprint density at radius 3 is 2.50 bits per heavy atom. The van der Waals surface area contributed by atoms with Crippen molar-refractivity contribution in [2.24, 2.45) is 0 Å². The molecule has 3 heteroatoms. The third-order valence-corrected chi connectivity index (χ3v) is 3.11. The van der Waals surface area contributed by atoms with E-state index in [9.17, 15) is 0 Å². The number of nitrogens with one attached hydrogen (secondary N) is 1. The van der Waals surface area contributed by atoms with Crippen molar-refractivity contribution in [3.63, 3.8) is 0 Å². The molecular weight excluding hydrogens is 178 g/mol. The molecule has 1 saturated heterocycles. The van der Waals surface area contributed by atoms with Crippen molar-refractivity contribution in [3.8, 4) is 0 Å². The largest absolute Gasteiger partial charge is 0.348 e. The lowest BCUT2D eigenvalue weighted by Gasteiger charge is -2.35. The SMILES string of the molecule is C=CCNC1CCC2(CC1)OCCO2. The summed E-state index contributed by atoms with van der Waals surface area (Å²) in [6, 6.07) is 0.617. The Morgan fingerprint density at radius 2 is 1.93 bits per heavy atom. The van der Waals surface area contributed by atoms with Crippen LogP contribution in [-0.4, -0.2) is 31.6 Å². The predicted molar refractivity (Wildman–Crippen MR) is 55.1 cm³/mol. The smallest absolute Gasteiger partial charge is 0.168 e. The summed E-state index contributed by atoms with van der Waals surface area (Å²) in [5.41, 5.74) is 0. The molecule has 0 amide bonds. The molecule has 0 bridgehead atoms. The van der Waals surface area contributed by atoms with Gasteiger partial charge in [0.25, 0.3) is 0 Å². The molecule has 1 heterocycles. The normalized spacial score (nSPS) is 26.9. The third-order valence-electron chi connectivity index (χ3n) is 3.11. The third kappa shape index (κ3) is 2.16. The second kappa shape index (κ2) is 4.43. The lowest BCUT2D eigenvalue weighted by Crippen LogP contribution is -2.42. The Kier molecular flexibility index (Phi) is 3.21. The maximum atomic E-state index is 5.66. The van der Waals surface area contributed by atoms with Gasteiger partial charge in [0.1, 0.15) is 0 Å².